The van der Waals surface area contributed by atoms with Crippen LogP contribution in [0.5, 0.6) is 0 Å². The van der Waals surface area contributed by atoms with Gasteiger partial charge in [-0.05, 0) is 25.2 Å². The predicted octanol–water partition coefficient (Wildman–Crippen LogP) is 0.714. The van der Waals surface area contributed by atoms with Crippen LogP contribution in [0.15, 0.2) is 18.7 Å². The van der Waals surface area contributed by atoms with Crippen LogP contribution in [0.2, 0.25) is 0 Å². The van der Waals surface area contributed by atoms with E-state index in [4.69, 9.17) is 4.74 Å². The van der Waals surface area contributed by atoms with Gasteiger partial charge in [-0.15, -0.1) is 0 Å². The quantitative estimate of drug-likeness (QED) is 0.803. The number of hydrogen-bond acceptors (Lipinski definition) is 4. The summed E-state index contributed by atoms with van der Waals surface area (Å²) < 4.78 is 34.1. The Bertz CT molecular complexity index is 523. The van der Waals surface area contributed by atoms with Gasteiger partial charge in [0.2, 0.25) is 10.0 Å². The summed E-state index contributed by atoms with van der Waals surface area (Å²) in [5, 5.41) is 0. The fourth-order valence-electron chi connectivity index (χ4n) is 3.10. The Morgan fingerprint density at radius 3 is 2.95 bits per heavy atom. The van der Waals surface area contributed by atoms with Crippen molar-refractivity contribution in [1.82, 2.24) is 13.9 Å². The first-order valence-electron chi connectivity index (χ1n) is 7.18. The first-order valence-corrected chi connectivity index (χ1v) is 8.79. The molecular weight excluding hydrogens is 278 g/mol. The SMILES string of the molecule is O=S(=O)(C[C@@H]1CCOC1)N1CCC[C@@H]1Cn1ccnc1. The summed E-state index contributed by atoms with van der Waals surface area (Å²) in [7, 11) is -3.18. The Morgan fingerprint density at radius 1 is 1.35 bits per heavy atom. The lowest BCUT2D eigenvalue weighted by atomic mass is 10.2. The average Bonchev–Trinajstić information content (AvgIpc) is 3.10. The predicted molar refractivity (Wildman–Crippen MR) is 74.7 cm³/mol. The molecule has 0 saturated carbocycles. The normalized spacial score (nSPS) is 28.2. The van der Waals surface area contributed by atoms with Gasteiger partial charge in [-0.2, -0.15) is 4.31 Å². The van der Waals surface area contributed by atoms with Crippen LogP contribution in [-0.4, -0.2) is 53.8 Å². The summed E-state index contributed by atoms with van der Waals surface area (Å²) in [4.78, 5) is 4.01. The van der Waals surface area contributed by atoms with Crippen LogP contribution in [-0.2, 0) is 21.3 Å². The Balaban J connectivity index is 1.67. The molecule has 2 aliphatic rings. The molecule has 0 bridgehead atoms. The maximum Gasteiger partial charge on any atom is 0.214 e. The van der Waals surface area contributed by atoms with Gasteiger partial charge in [0.25, 0.3) is 0 Å². The second-order valence-corrected chi connectivity index (χ2v) is 7.64. The Morgan fingerprint density at radius 2 is 2.25 bits per heavy atom. The summed E-state index contributed by atoms with van der Waals surface area (Å²) >= 11 is 0. The van der Waals surface area contributed by atoms with E-state index in [9.17, 15) is 8.42 Å². The fourth-order valence-corrected chi connectivity index (χ4v) is 5.19. The van der Waals surface area contributed by atoms with Crippen molar-refractivity contribution in [1.29, 1.82) is 0 Å². The van der Waals surface area contributed by atoms with Crippen LogP contribution in [0, 0.1) is 5.92 Å². The summed E-state index contributed by atoms with van der Waals surface area (Å²) in [6.45, 7) is 2.62. The zero-order chi connectivity index (χ0) is 14.0. The number of ether oxygens (including phenoxy) is 1. The van der Waals surface area contributed by atoms with Gasteiger partial charge in [0.05, 0.1) is 18.7 Å². The standard InChI is InChI=1S/C13H21N3O3S/c17-20(18,10-12-3-7-19-9-12)16-5-1-2-13(16)8-15-6-4-14-11-15/h4,6,11-13H,1-3,5,7-10H2/t12-,13-/m1/s1. The van der Waals surface area contributed by atoms with Gasteiger partial charge in [-0.25, -0.2) is 13.4 Å². The summed E-state index contributed by atoms with van der Waals surface area (Å²) in [6, 6.07) is 0.0662. The molecule has 0 aromatic carbocycles. The molecule has 1 aromatic heterocycles. The number of aromatic nitrogens is 2. The lowest BCUT2D eigenvalue weighted by Crippen LogP contribution is -2.40. The van der Waals surface area contributed by atoms with Gasteiger partial charge >= 0.3 is 0 Å². The first kappa shape index (κ1) is 14.0. The van der Waals surface area contributed by atoms with Gasteiger partial charge in [0.1, 0.15) is 0 Å². The van der Waals surface area contributed by atoms with E-state index in [1.165, 1.54) is 0 Å². The maximum atomic E-state index is 12.6. The van der Waals surface area contributed by atoms with Crippen molar-refractivity contribution >= 4 is 10.0 Å². The summed E-state index contributed by atoms with van der Waals surface area (Å²) in [6.07, 6.45) is 8.09. The topological polar surface area (TPSA) is 64.4 Å². The Kier molecular flexibility index (Phi) is 4.09. The zero-order valence-corrected chi connectivity index (χ0v) is 12.3. The van der Waals surface area contributed by atoms with E-state index in [-0.39, 0.29) is 17.7 Å². The van der Waals surface area contributed by atoms with Crippen LogP contribution in [0.25, 0.3) is 0 Å². The highest BCUT2D eigenvalue weighted by Crippen LogP contribution is 2.25. The van der Waals surface area contributed by atoms with Gasteiger partial charge in [0, 0.05) is 38.1 Å². The summed E-state index contributed by atoms with van der Waals surface area (Å²) in [5.41, 5.74) is 0. The smallest absolute Gasteiger partial charge is 0.214 e. The highest BCUT2D eigenvalue weighted by molar-refractivity contribution is 7.89. The molecule has 3 rings (SSSR count). The van der Waals surface area contributed by atoms with Gasteiger partial charge in [-0.3, -0.25) is 0 Å². The molecule has 0 amide bonds. The average molecular weight is 299 g/mol. The molecule has 0 spiro atoms. The molecule has 2 fully saturated rings. The minimum atomic E-state index is -3.18. The molecule has 2 saturated heterocycles. The van der Waals surface area contributed by atoms with Gasteiger partial charge in [-0.1, -0.05) is 0 Å². The molecule has 20 heavy (non-hydrogen) atoms. The van der Waals surface area contributed by atoms with Gasteiger partial charge in [0.15, 0.2) is 0 Å². The molecule has 0 aliphatic carbocycles. The molecule has 2 atom stereocenters. The van der Waals surface area contributed by atoms with E-state index in [2.05, 4.69) is 4.98 Å². The fraction of sp³-hybridized carbons (Fsp3) is 0.769. The van der Waals surface area contributed by atoms with E-state index in [0.29, 0.717) is 26.3 Å². The first-order chi connectivity index (χ1) is 9.65. The van der Waals surface area contributed by atoms with Crippen molar-refractivity contribution < 1.29 is 13.2 Å². The number of imidazole rings is 1. The Labute approximate surface area is 119 Å². The van der Waals surface area contributed by atoms with Crippen LogP contribution in [0.1, 0.15) is 19.3 Å². The minimum absolute atomic E-state index is 0.0662. The molecule has 2 aliphatic heterocycles. The lowest BCUT2D eigenvalue weighted by molar-refractivity contribution is 0.188. The molecular formula is C13H21N3O3S. The van der Waals surface area contributed by atoms with Crippen molar-refractivity contribution in [3.63, 3.8) is 0 Å². The Hall–Kier alpha value is -0.920. The summed E-state index contributed by atoms with van der Waals surface area (Å²) in [5.74, 6) is 0.391. The third kappa shape index (κ3) is 3.05. The molecule has 6 nitrogen and oxygen atoms in total. The highest BCUT2D eigenvalue weighted by Gasteiger charge is 2.36. The largest absolute Gasteiger partial charge is 0.381 e. The number of rotatable bonds is 5. The van der Waals surface area contributed by atoms with Crippen molar-refractivity contribution in [2.24, 2.45) is 5.92 Å². The van der Waals surface area contributed by atoms with E-state index >= 15 is 0 Å². The molecule has 0 unspecified atom stereocenters. The lowest BCUT2D eigenvalue weighted by Gasteiger charge is -2.25. The molecule has 112 valence electrons. The molecule has 1 aromatic rings. The van der Waals surface area contributed by atoms with Crippen LogP contribution in [0.3, 0.4) is 0 Å². The zero-order valence-electron chi connectivity index (χ0n) is 11.5. The van der Waals surface area contributed by atoms with Crippen LogP contribution in [0.4, 0.5) is 0 Å². The molecule has 0 N–H and O–H groups in total. The van der Waals surface area contributed by atoms with Crippen molar-refractivity contribution in [2.45, 2.75) is 31.8 Å². The van der Waals surface area contributed by atoms with Crippen LogP contribution >= 0.6 is 0 Å². The van der Waals surface area contributed by atoms with Crippen LogP contribution < -0.4 is 0 Å². The molecule has 3 heterocycles. The number of sulfonamides is 1. The third-order valence-electron chi connectivity index (χ3n) is 4.13. The van der Waals surface area contributed by atoms with Crippen molar-refractivity contribution in [3.05, 3.63) is 18.7 Å². The minimum Gasteiger partial charge on any atom is -0.381 e. The monoisotopic (exact) mass is 299 g/mol. The second-order valence-electron chi connectivity index (χ2n) is 5.67. The third-order valence-corrected chi connectivity index (χ3v) is 6.22. The maximum absolute atomic E-state index is 12.6. The van der Waals surface area contributed by atoms with Crippen molar-refractivity contribution in [2.75, 3.05) is 25.5 Å². The van der Waals surface area contributed by atoms with E-state index in [0.717, 1.165) is 19.3 Å². The van der Waals surface area contributed by atoms with E-state index in [1.54, 1.807) is 16.8 Å². The molecule has 7 heteroatoms. The number of nitrogens with zero attached hydrogens (tertiary/aromatic N) is 3. The van der Waals surface area contributed by atoms with E-state index in [1.807, 2.05) is 10.8 Å². The van der Waals surface area contributed by atoms with Gasteiger partial charge < -0.3 is 9.30 Å². The molecule has 0 radical (unpaired) electrons. The highest BCUT2D eigenvalue weighted by atomic mass is 32.2. The van der Waals surface area contributed by atoms with Crippen molar-refractivity contribution in [3.8, 4) is 0 Å². The number of hydrogen-bond donors (Lipinski definition) is 0. The van der Waals surface area contributed by atoms with E-state index < -0.39 is 10.0 Å². The second kappa shape index (κ2) is 5.83.